The van der Waals surface area contributed by atoms with Crippen LogP contribution in [0.5, 0.6) is 5.75 Å². The summed E-state index contributed by atoms with van der Waals surface area (Å²) in [5.41, 5.74) is 0. The minimum Gasteiger partial charge on any atom is -0.465 e. The molecule has 0 radical (unpaired) electrons. The van der Waals surface area contributed by atoms with E-state index >= 15 is 0 Å². The molecule has 0 unspecified atom stereocenters. The highest BCUT2D eigenvalue weighted by atomic mass is 19.1. The lowest BCUT2D eigenvalue weighted by atomic mass is 10.1. The first-order valence-electron chi connectivity index (χ1n) is 6.36. The van der Waals surface area contributed by atoms with Crippen LogP contribution in [0.15, 0.2) is 42.7 Å². The Hall–Kier alpha value is -1.31. The molecule has 0 heterocycles. The summed E-state index contributed by atoms with van der Waals surface area (Å²) >= 11 is 0. The van der Waals surface area contributed by atoms with Crippen molar-refractivity contribution in [2.24, 2.45) is 0 Å². The number of hydrogen-bond donors (Lipinski definition) is 0. The van der Waals surface area contributed by atoms with Crippen LogP contribution in [0, 0.1) is 0 Å². The largest absolute Gasteiger partial charge is 0.465 e. The second-order valence-electron chi connectivity index (χ2n) is 4.05. The Labute approximate surface area is 103 Å². The number of hydrogen-bond acceptors (Lipinski definition) is 1. The second kappa shape index (κ2) is 9.88. The summed E-state index contributed by atoms with van der Waals surface area (Å²) in [6.45, 7) is -0.176. The van der Waals surface area contributed by atoms with Crippen LogP contribution >= 0.6 is 0 Å². The zero-order valence-corrected chi connectivity index (χ0v) is 10.3. The highest BCUT2D eigenvalue weighted by molar-refractivity contribution is 5.21. The van der Waals surface area contributed by atoms with Crippen LogP contribution in [-0.2, 0) is 0 Å². The normalized spacial score (nSPS) is 10.9. The van der Waals surface area contributed by atoms with Gasteiger partial charge in [-0.15, -0.1) is 0 Å². The van der Waals surface area contributed by atoms with Gasteiger partial charge in [-0.1, -0.05) is 37.5 Å². The molecule has 1 nitrogen and oxygen atoms in total. The van der Waals surface area contributed by atoms with Gasteiger partial charge in [-0.25, -0.2) is 0 Å². The van der Waals surface area contributed by atoms with E-state index in [4.69, 9.17) is 4.74 Å². The van der Waals surface area contributed by atoms with Gasteiger partial charge in [0, 0.05) is 0 Å². The first-order valence-corrected chi connectivity index (χ1v) is 6.36. The zero-order chi connectivity index (χ0) is 12.2. The number of allylic oxidation sites excluding steroid dienone is 1. The molecule has 0 bridgehead atoms. The minimum atomic E-state index is -0.176. The van der Waals surface area contributed by atoms with Crippen molar-refractivity contribution in [2.45, 2.75) is 38.5 Å². The summed E-state index contributed by atoms with van der Waals surface area (Å²) in [6, 6.07) is 9.73. The van der Waals surface area contributed by atoms with Crippen molar-refractivity contribution in [1.29, 1.82) is 0 Å². The van der Waals surface area contributed by atoms with Crippen molar-refractivity contribution in [3.63, 3.8) is 0 Å². The predicted molar refractivity (Wildman–Crippen MR) is 69.9 cm³/mol. The van der Waals surface area contributed by atoms with Crippen molar-refractivity contribution < 1.29 is 9.13 Å². The average molecular weight is 236 g/mol. The van der Waals surface area contributed by atoms with Crippen LogP contribution in [0.1, 0.15) is 38.5 Å². The van der Waals surface area contributed by atoms with Gasteiger partial charge in [0.05, 0.1) is 12.9 Å². The molecule has 2 heteroatoms. The fourth-order valence-corrected chi connectivity index (χ4v) is 1.58. The fraction of sp³-hybridized carbons (Fsp3) is 0.467. The van der Waals surface area contributed by atoms with Crippen molar-refractivity contribution in [1.82, 2.24) is 0 Å². The molecule has 0 fully saturated rings. The third kappa shape index (κ3) is 7.56. The highest BCUT2D eigenvalue weighted by Gasteiger charge is 1.89. The third-order valence-electron chi connectivity index (χ3n) is 2.55. The molecule has 0 saturated heterocycles. The van der Waals surface area contributed by atoms with Crippen LogP contribution < -0.4 is 4.74 Å². The molecular weight excluding hydrogens is 215 g/mol. The van der Waals surface area contributed by atoms with E-state index in [1.807, 2.05) is 36.4 Å². The number of para-hydroxylation sites is 1. The maximum atomic E-state index is 11.8. The summed E-state index contributed by atoms with van der Waals surface area (Å²) in [7, 11) is 0. The lowest BCUT2D eigenvalue weighted by molar-refractivity contribution is 0.451. The first kappa shape index (κ1) is 13.8. The van der Waals surface area contributed by atoms with E-state index in [-0.39, 0.29) is 6.67 Å². The lowest BCUT2D eigenvalue weighted by Crippen LogP contribution is -1.82. The maximum Gasteiger partial charge on any atom is 0.126 e. The third-order valence-corrected chi connectivity index (χ3v) is 2.55. The van der Waals surface area contributed by atoms with Crippen LogP contribution in [0.4, 0.5) is 4.39 Å². The molecule has 0 saturated carbocycles. The molecule has 17 heavy (non-hydrogen) atoms. The standard InChI is InChI=1S/C15H21FO/c16-13-9-4-2-1-3-5-10-14-17-15-11-7-6-8-12-15/h6-8,10-12,14H,1-5,9,13H2. The van der Waals surface area contributed by atoms with Crippen molar-refractivity contribution >= 4 is 0 Å². The van der Waals surface area contributed by atoms with Crippen LogP contribution in [0.25, 0.3) is 0 Å². The molecule has 1 rings (SSSR count). The topological polar surface area (TPSA) is 9.23 Å². The molecule has 0 aliphatic carbocycles. The van der Waals surface area contributed by atoms with Gasteiger partial charge in [0.15, 0.2) is 0 Å². The van der Waals surface area contributed by atoms with Gasteiger partial charge >= 0.3 is 0 Å². The Morgan fingerprint density at radius 3 is 2.41 bits per heavy atom. The maximum absolute atomic E-state index is 11.8. The van der Waals surface area contributed by atoms with Crippen molar-refractivity contribution in [3.05, 3.63) is 42.7 Å². The first-order chi connectivity index (χ1) is 8.43. The van der Waals surface area contributed by atoms with E-state index in [2.05, 4.69) is 0 Å². The van der Waals surface area contributed by atoms with Gasteiger partial charge in [0.1, 0.15) is 5.75 Å². The van der Waals surface area contributed by atoms with Gasteiger partial charge < -0.3 is 4.74 Å². The second-order valence-corrected chi connectivity index (χ2v) is 4.05. The Bertz CT molecular complexity index is 295. The number of halogens is 1. The summed E-state index contributed by atoms with van der Waals surface area (Å²) in [5, 5.41) is 0. The molecule has 94 valence electrons. The van der Waals surface area contributed by atoms with Gasteiger partial charge in [-0.3, -0.25) is 4.39 Å². The van der Waals surface area contributed by atoms with Gasteiger partial charge in [-0.2, -0.15) is 0 Å². The monoisotopic (exact) mass is 236 g/mol. The Kier molecular flexibility index (Phi) is 8.00. The SMILES string of the molecule is FCCCCCCCC=COc1ccccc1. The van der Waals surface area contributed by atoms with Gasteiger partial charge in [-0.05, 0) is 37.5 Å². The molecule has 0 N–H and O–H groups in total. The van der Waals surface area contributed by atoms with E-state index < -0.39 is 0 Å². The highest BCUT2D eigenvalue weighted by Crippen LogP contribution is 2.09. The molecular formula is C15H21FO. The fourth-order valence-electron chi connectivity index (χ4n) is 1.58. The summed E-state index contributed by atoms with van der Waals surface area (Å²) in [6.07, 6.45) is 10.0. The average Bonchev–Trinajstić information content (AvgIpc) is 2.38. The molecule has 0 aromatic heterocycles. The Morgan fingerprint density at radius 1 is 0.941 bits per heavy atom. The quantitative estimate of drug-likeness (QED) is 0.438. The number of benzene rings is 1. The van der Waals surface area contributed by atoms with E-state index in [9.17, 15) is 4.39 Å². The van der Waals surface area contributed by atoms with Crippen molar-refractivity contribution in [3.8, 4) is 5.75 Å². The summed E-state index contributed by atoms with van der Waals surface area (Å²) < 4.78 is 17.2. The molecule has 1 aromatic carbocycles. The van der Waals surface area contributed by atoms with Crippen LogP contribution in [0.2, 0.25) is 0 Å². The number of unbranched alkanes of at least 4 members (excludes halogenated alkanes) is 5. The summed E-state index contributed by atoms with van der Waals surface area (Å²) in [5.74, 6) is 0.867. The van der Waals surface area contributed by atoms with Crippen LogP contribution in [-0.4, -0.2) is 6.67 Å². The molecule has 1 aromatic rings. The van der Waals surface area contributed by atoms with E-state index in [0.717, 1.165) is 31.4 Å². The van der Waals surface area contributed by atoms with E-state index in [0.29, 0.717) is 6.42 Å². The van der Waals surface area contributed by atoms with E-state index in [1.54, 1.807) is 6.26 Å². The molecule has 0 atom stereocenters. The Balaban J connectivity index is 1.96. The molecule has 0 spiro atoms. The predicted octanol–water partition coefficient (Wildman–Crippen LogP) is 4.89. The number of rotatable bonds is 9. The number of ether oxygens (including phenoxy) is 1. The Morgan fingerprint density at radius 2 is 1.65 bits per heavy atom. The lowest BCUT2D eigenvalue weighted by Gasteiger charge is -1.99. The van der Waals surface area contributed by atoms with E-state index in [1.165, 1.54) is 6.42 Å². The molecule has 0 aliphatic heterocycles. The minimum absolute atomic E-state index is 0.176. The molecule has 0 aliphatic rings. The summed E-state index contributed by atoms with van der Waals surface area (Å²) in [4.78, 5) is 0. The van der Waals surface area contributed by atoms with Gasteiger partial charge in [0.25, 0.3) is 0 Å². The van der Waals surface area contributed by atoms with Crippen molar-refractivity contribution in [2.75, 3.05) is 6.67 Å². The molecule has 0 amide bonds. The van der Waals surface area contributed by atoms with Gasteiger partial charge in [0.2, 0.25) is 0 Å². The number of alkyl halides is 1. The smallest absolute Gasteiger partial charge is 0.126 e. The zero-order valence-electron chi connectivity index (χ0n) is 10.3. The van der Waals surface area contributed by atoms with Crippen LogP contribution in [0.3, 0.4) is 0 Å².